The first-order valence-corrected chi connectivity index (χ1v) is 2.95. The molecule has 0 unspecified atom stereocenters. The van der Waals surface area contributed by atoms with Crippen LogP contribution in [0.15, 0.2) is 29.0 Å². The van der Waals surface area contributed by atoms with E-state index in [4.69, 9.17) is 10.2 Å². The molecule has 0 amide bonds. The number of benzene rings is 1. The van der Waals surface area contributed by atoms with E-state index < -0.39 is 0 Å². The fourth-order valence-corrected chi connectivity index (χ4v) is 0.872. The van der Waals surface area contributed by atoms with Crippen LogP contribution in [0.1, 0.15) is 0 Å². The van der Waals surface area contributed by atoms with E-state index in [2.05, 4.69) is 4.98 Å². The summed E-state index contributed by atoms with van der Waals surface area (Å²) in [7, 11) is 0. The molecular weight excluding hydrogens is 199 g/mol. The minimum Gasteiger partial charge on any atom is -0.443 e. The number of oxazole rings is 1. The van der Waals surface area contributed by atoms with Gasteiger partial charge in [0.2, 0.25) is 0 Å². The number of nitrogen functional groups attached to an aromatic ring is 1. The van der Waals surface area contributed by atoms with E-state index in [9.17, 15) is 0 Å². The highest BCUT2D eigenvalue weighted by molar-refractivity contribution is 5.85. The van der Waals surface area contributed by atoms with Crippen molar-refractivity contribution in [3.05, 3.63) is 24.6 Å². The number of hydrogen-bond donors (Lipinski definition) is 1. The molecule has 0 saturated heterocycles. The van der Waals surface area contributed by atoms with Gasteiger partial charge in [-0.25, -0.2) is 4.98 Å². The van der Waals surface area contributed by atoms with Gasteiger partial charge in [-0.05, 0) is 12.1 Å². The molecular formula is C7H8Cl2N2O. The number of rotatable bonds is 0. The molecule has 1 heterocycles. The molecule has 0 aliphatic rings. The average molecular weight is 207 g/mol. The van der Waals surface area contributed by atoms with Crippen molar-refractivity contribution in [2.75, 3.05) is 5.73 Å². The van der Waals surface area contributed by atoms with Gasteiger partial charge >= 0.3 is 0 Å². The molecule has 2 aromatic rings. The lowest BCUT2D eigenvalue weighted by atomic mass is 10.3. The fraction of sp³-hybridized carbons (Fsp3) is 0. The number of hydrogen-bond acceptors (Lipinski definition) is 3. The van der Waals surface area contributed by atoms with Gasteiger partial charge in [-0.2, -0.15) is 0 Å². The molecule has 0 aliphatic heterocycles. The topological polar surface area (TPSA) is 52.0 Å². The highest BCUT2D eigenvalue weighted by Crippen LogP contribution is 2.14. The molecule has 2 N–H and O–H groups in total. The van der Waals surface area contributed by atoms with Crippen LogP contribution in [0.25, 0.3) is 11.1 Å². The molecule has 12 heavy (non-hydrogen) atoms. The number of nitrogens with two attached hydrogens (primary N) is 1. The van der Waals surface area contributed by atoms with E-state index in [0.717, 1.165) is 11.1 Å². The maximum absolute atomic E-state index is 5.50. The molecule has 1 aromatic heterocycles. The predicted molar refractivity (Wildman–Crippen MR) is 52.9 cm³/mol. The van der Waals surface area contributed by atoms with Crippen LogP contribution in [0.2, 0.25) is 0 Å². The summed E-state index contributed by atoms with van der Waals surface area (Å²) in [5.74, 6) is 0. The number of anilines is 1. The Bertz CT molecular complexity index is 361. The van der Waals surface area contributed by atoms with Gasteiger partial charge in [0, 0.05) is 11.8 Å². The third-order valence-electron chi connectivity index (χ3n) is 1.36. The Labute approximate surface area is 81.8 Å². The number of aromatic nitrogens is 1. The highest BCUT2D eigenvalue weighted by Gasteiger charge is 1.95. The zero-order chi connectivity index (χ0) is 6.97. The molecule has 0 bridgehead atoms. The third-order valence-corrected chi connectivity index (χ3v) is 1.36. The lowest BCUT2D eigenvalue weighted by molar-refractivity contribution is 0.602. The third kappa shape index (κ3) is 1.81. The van der Waals surface area contributed by atoms with Crippen molar-refractivity contribution in [1.29, 1.82) is 0 Å². The van der Waals surface area contributed by atoms with Crippen molar-refractivity contribution in [3.63, 3.8) is 0 Å². The normalized spacial score (nSPS) is 8.67. The van der Waals surface area contributed by atoms with E-state index >= 15 is 0 Å². The molecule has 0 radical (unpaired) electrons. The smallest absolute Gasteiger partial charge is 0.181 e. The monoisotopic (exact) mass is 206 g/mol. The second kappa shape index (κ2) is 4.18. The van der Waals surface area contributed by atoms with Gasteiger partial charge in [0.25, 0.3) is 0 Å². The van der Waals surface area contributed by atoms with E-state index in [-0.39, 0.29) is 24.8 Å². The SMILES string of the molecule is Cl.Cl.Nc1ccc2ncoc2c1. The molecule has 5 heteroatoms. The van der Waals surface area contributed by atoms with Crippen molar-refractivity contribution in [1.82, 2.24) is 4.98 Å². The second-order valence-corrected chi connectivity index (χ2v) is 2.08. The summed E-state index contributed by atoms with van der Waals surface area (Å²) in [5, 5.41) is 0. The first kappa shape index (κ1) is 11.1. The van der Waals surface area contributed by atoms with Crippen LogP contribution in [0.3, 0.4) is 0 Å². The molecule has 0 spiro atoms. The molecule has 0 atom stereocenters. The Morgan fingerprint density at radius 2 is 2.00 bits per heavy atom. The van der Waals surface area contributed by atoms with Gasteiger partial charge < -0.3 is 10.2 Å². The van der Waals surface area contributed by atoms with Crippen LogP contribution >= 0.6 is 24.8 Å². The standard InChI is InChI=1S/C7H6N2O.2ClH/c8-5-1-2-6-7(3-5)10-4-9-6;;/h1-4H,8H2;2*1H. The van der Waals surface area contributed by atoms with Crippen molar-refractivity contribution in [2.45, 2.75) is 0 Å². The average Bonchev–Trinajstić information content (AvgIpc) is 2.33. The molecule has 0 aliphatic carbocycles. The van der Waals surface area contributed by atoms with Gasteiger partial charge in [-0.1, -0.05) is 0 Å². The van der Waals surface area contributed by atoms with Gasteiger partial charge in [-0.15, -0.1) is 24.8 Å². The van der Waals surface area contributed by atoms with E-state index in [1.165, 1.54) is 6.39 Å². The minimum absolute atomic E-state index is 0. The summed E-state index contributed by atoms with van der Waals surface area (Å²) in [6.07, 6.45) is 1.41. The van der Waals surface area contributed by atoms with Crippen molar-refractivity contribution in [2.24, 2.45) is 0 Å². The summed E-state index contributed by atoms with van der Waals surface area (Å²) < 4.78 is 5.01. The maximum atomic E-state index is 5.50. The molecule has 3 nitrogen and oxygen atoms in total. The van der Waals surface area contributed by atoms with Crippen LogP contribution in [0, 0.1) is 0 Å². The summed E-state index contributed by atoms with van der Waals surface area (Å²) in [4.78, 5) is 3.94. The lowest BCUT2D eigenvalue weighted by Crippen LogP contribution is -1.81. The molecule has 66 valence electrons. The molecule has 0 fully saturated rings. The summed E-state index contributed by atoms with van der Waals surface area (Å²) >= 11 is 0. The van der Waals surface area contributed by atoms with Crippen LogP contribution in [-0.4, -0.2) is 4.98 Å². The Morgan fingerprint density at radius 3 is 2.75 bits per heavy atom. The highest BCUT2D eigenvalue weighted by atomic mass is 35.5. The number of halogens is 2. The Hall–Kier alpha value is -0.930. The largest absolute Gasteiger partial charge is 0.443 e. The van der Waals surface area contributed by atoms with E-state index in [1.54, 1.807) is 12.1 Å². The fourth-order valence-electron chi connectivity index (χ4n) is 0.872. The Kier molecular flexibility index (Phi) is 3.86. The van der Waals surface area contributed by atoms with Crippen LogP contribution < -0.4 is 5.73 Å². The quantitative estimate of drug-likeness (QED) is 0.674. The van der Waals surface area contributed by atoms with Crippen LogP contribution in [-0.2, 0) is 0 Å². The molecule has 1 aromatic carbocycles. The Morgan fingerprint density at radius 1 is 1.25 bits per heavy atom. The first-order chi connectivity index (χ1) is 4.86. The zero-order valence-electron chi connectivity index (χ0n) is 6.06. The summed E-state index contributed by atoms with van der Waals surface area (Å²) in [5.41, 5.74) is 7.77. The second-order valence-electron chi connectivity index (χ2n) is 2.08. The predicted octanol–water partition coefficient (Wildman–Crippen LogP) is 2.25. The number of fused-ring (bicyclic) bond motifs is 1. The van der Waals surface area contributed by atoms with Crippen LogP contribution in [0.5, 0.6) is 0 Å². The lowest BCUT2D eigenvalue weighted by Gasteiger charge is -1.88. The van der Waals surface area contributed by atoms with Crippen molar-refractivity contribution >= 4 is 41.6 Å². The molecule has 2 rings (SSSR count). The summed E-state index contributed by atoms with van der Waals surface area (Å²) in [6.45, 7) is 0. The van der Waals surface area contributed by atoms with E-state index in [1.807, 2.05) is 6.07 Å². The van der Waals surface area contributed by atoms with Gasteiger partial charge in [-0.3, -0.25) is 0 Å². The summed E-state index contributed by atoms with van der Waals surface area (Å²) in [6, 6.07) is 5.38. The first-order valence-electron chi connectivity index (χ1n) is 2.95. The minimum atomic E-state index is 0. The maximum Gasteiger partial charge on any atom is 0.181 e. The zero-order valence-corrected chi connectivity index (χ0v) is 7.69. The van der Waals surface area contributed by atoms with Gasteiger partial charge in [0.05, 0.1) is 0 Å². The van der Waals surface area contributed by atoms with Crippen LogP contribution in [0.4, 0.5) is 5.69 Å². The van der Waals surface area contributed by atoms with Crippen molar-refractivity contribution in [3.8, 4) is 0 Å². The van der Waals surface area contributed by atoms with Gasteiger partial charge in [0.15, 0.2) is 12.0 Å². The van der Waals surface area contributed by atoms with Crippen molar-refractivity contribution < 1.29 is 4.42 Å². The number of nitrogens with zero attached hydrogens (tertiary/aromatic N) is 1. The Balaban J connectivity index is 0.000000605. The van der Waals surface area contributed by atoms with E-state index in [0.29, 0.717) is 5.69 Å². The van der Waals surface area contributed by atoms with Gasteiger partial charge in [0.1, 0.15) is 5.52 Å². The molecule has 0 saturated carbocycles.